The Labute approximate surface area is 158 Å². The van der Waals surface area contributed by atoms with Gasteiger partial charge in [0.2, 0.25) is 0 Å². The number of nitriles is 1. The van der Waals surface area contributed by atoms with Gasteiger partial charge in [0.05, 0.1) is 22.4 Å². The zero-order chi connectivity index (χ0) is 18.3. The van der Waals surface area contributed by atoms with Crippen molar-refractivity contribution in [3.8, 4) is 6.07 Å². The molecule has 0 spiro atoms. The van der Waals surface area contributed by atoms with E-state index < -0.39 is 6.10 Å². The van der Waals surface area contributed by atoms with Crippen LogP contribution in [0.2, 0.25) is 5.02 Å². The maximum atomic E-state index is 10.5. The van der Waals surface area contributed by atoms with Gasteiger partial charge < -0.3 is 14.6 Å². The largest absolute Gasteiger partial charge is 0.391 e. The van der Waals surface area contributed by atoms with Crippen LogP contribution in [0, 0.1) is 18.3 Å². The first-order valence-corrected chi connectivity index (χ1v) is 9.48. The van der Waals surface area contributed by atoms with Crippen LogP contribution in [0.1, 0.15) is 42.4 Å². The van der Waals surface area contributed by atoms with Crippen LogP contribution in [0.25, 0.3) is 0 Å². The van der Waals surface area contributed by atoms with Crippen LogP contribution in [0.15, 0.2) is 17.2 Å². The maximum Gasteiger partial charge on any atom is 0.158 e. The van der Waals surface area contributed by atoms with E-state index in [-0.39, 0.29) is 18.4 Å². The minimum absolute atomic E-state index is 0.204. The van der Waals surface area contributed by atoms with Gasteiger partial charge in [0.1, 0.15) is 18.2 Å². The number of rotatable bonds is 3. The van der Waals surface area contributed by atoms with Crippen LogP contribution in [-0.4, -0.2) is 53.5 Å². The van der Waals surface area contributed by atoms with Crippen LogP contribution in [-0.2, 0) is 9.47 Å². The van der Waals surface area contributed by atoms with Crippen molar-refractivity contribution in [1.29, 1.82) is 5.26 Å². The topological polar surface area (TPSA) is 78.1 Å². The Morgan fingerprint density at radius 2 is 2.23 bits per heavy atom. The molecule has 3 heterocycles. The first kappa shape index (κ1) is 17.7. The van der Waals surface area contributed by atoms with Crippen LogP contribution in [0.3, 0.4) is 0 Å². The molecule has 0 bridgehead atoms. The molecule has 4 atom stereocenters. The zero-order valence-corrected chi connectivity index (χ0v) is 15.4. The van der Waals surface area contributed by atoms with E-state index >= 15 is 0 Å². The number of hydrogen-bond acceptors (Lipinski definition) is 6. The lowest BCUT2D eigenvalue weighted by atomic mass is 9.94. The quantitative estimate of drug-likeness (QED) is 0.878. The molecular weight excluding hydrogens is 354 g/mol. The molecule has 26 heavy (non-hydrogen) atoms. The molecule has 6 nitrogen and oxygen atoms in total. The molecule has 1 N–H and O–H groups in total. The first-order chi connectivity index (χ1) is 12.6. The van der Waals surface area contributed by atoms with Gasteiger partial charge in [-0.3, -0.25) is 5.01 Å². The predicted molar refractivity (Wildman–Crippen MR) is 97.0 cm³/mol. The molecule has 7 heteroatoms. The number of aliphatic hydroxyl groups excluding tert-OH is 1. The van der Waals surface area contributed by atoms with Crippen LogP contribution >= 0.6 is 11.6 Å². The Morgan fingerprint density at radius 3 is 2.96 bits per heavy atom. The van der Waals surface area contributed by atoms with E-state index in [0.29, 0.717) is 30.2 Å². The van der Waals surface area contributed by atoms with E-state index in [9.17, 15) is 10.4 Å². The van der Waals surface area contributed by atoms with Gasteiger partial charge in [0.25, 0.3) is 0 Å². The Hall–Kier alpha value is -1.65. The summed E-state index contributed by atoms with van der Waals surface area (Å²) in [6.45, 7) is 3.28. The fraction of sp³-hybridized carbons (Fsp3) is 0.579. The SMILES string of the molecule is Cc1c(C2=NN3CC[C@H](O)[C@H]3[C@@H]2OC2CCCCO2)ccc(C#N)c1Cl. The summed E-state index contributed by atoms with van der Waals surface area (Å²) < 4.78 is 12.0. The average Bonchev–Trinajstić information content (AvgIpc) is 3.19. The third kappa shape index (κ3) is 2.99. The number of hydrogen-bond donors (Lipinski definition) is 1. The van der Waals surface area contributed by atoms with Gasteiger partial charge >= 0.3 is 0 Å². The highest BCUT2D eigenvalue weighted by Gasteiger charge is 2.48. The average molecular weight is 376 g/mol. The zero-order valence-electron chi connectivity index (χ0n) is 14.7. The molecular formula is C19H22ClN3O3. The molecule has 138 valence electrons. The van der Waals surface area contributed by atoms with E-state index in [1.807, 2.05) is 18.0 Å². The molecule has 3 aliphatic heterocycles. The monoisotopic (exact) mass is 375 g/mol. The molecule has 2 fully saturated rings. The highest BCUT2D eigenvalue weighted by molar-refractivity contribution is 6.33. The molecule has 1 aromatic rings. The van der Waals surface area contributed by atoms with Crippen molar-refractivity contribution in [3.05, 3.63) is 33.8 Å². The van der Waals surface area contributed by atoms with E-state index in [4.69, 9.17) is 26.2 Å². The normalized spacial score (nSPS) is 30.8. The predicted octanol–water partition coefficient (Wildman–Crippen LogP) is 2.58. The van der Waals surface area contributed by atoms with Crippen molar-refractivity contribution in [1.82, 2.24) is 5.01 Å². The Kier molecular flexibility index (Phi) is 4.89. The smallest absolute Gasteiger partial charge is 0.158 e. The fourth-order valence-corrected chi connectivity index (χ4v) is 4.20. The summed E-state index contributed by atoms with van der Waals surface area (Å²) in [4.78, 5) is 0. The van der Waals surface area contributed by atoms with E-state index in [1.54, 1.807) is 6.07 Å². The lowest BCUT2D eigenvalue weighted by Gasteiger charge is -2.30. The Morgan fingerprint density at radius 1 is 1.38 bits per heavy atom. The van der Waals surface area contributed by atoms with Crippen molar-refractivity contribution in [2.75, 3.05) is 13.2 Å². The maximum absolute atomic E-state index is 10.5. The number of nitrogens with zero attached hydrogens (tertiary/aromatic N) is 3. The molecule has 1 aromatic carbocycles. The van der Waals surface area contributed by atoms with Crippen LogP contribution < -0.4 is 0 Å². The van der Waals surface area contributed by atoms with Crippen molar-refractivity contribution in [3.63, 3.8) is 0 Å². The Balaban J connectivity index is 1.69. The molecule has 2 saturated heterocycles. The lowest BCUT2D eigenvalue weighted by molar-refractivity contribution is -0.184. The second-order valence-corrected chi connectivity index (χ2v) is 7.44. The third-order valence-electron chi connectivity index (χ3n) is 5.43. The van der Waals surface area contributed by atoms with Gasteiger partial charge in [0.15, 0.2) is 6.29 Å². The summed E-state index contributed by atoms with van der Waals surface area (Å²) in [6.07, 6.45) is 2.51. The van der Waals surface area contributed by atoms with E-state index in [1.165, 1.54) is 0 Å². The van der Waals surface area contributed by atoms with Gasteiger partial charge in [-0.05, 0) is 44.2 Å². The standard InChI is InChI=1S/C19H22ClN3O3/c1-11-13(6-5-12(10-21)16(11)20)17-19(26-15-4-2-3-9-25-15)18-14(24)7-8-23(18)22-17/h5-6,14-15,18-19,24H,2-4,7-9H2,1H3/t14-,15?,18-,19+/m0/s1. The Bertz CT molecular complexity index is 770. The number of ether oxygens (including phenoxy) is 2. The summed E-state index contributed by atoms with van der Waals surface area (Å²) in [5.41, 5.74) is 2.86. The lowest BCUT2D eigenvalue weighted by Crippen LogP contribution is -2.45. The summed E-state index contributed by atoms with van der Waals surface area (Å²) in [5, 5.41) is 26.7. The van der Waals surface area contributed by atoms with Crippen molar-refractivity contribution >= 4 is 17.3 Å². The van der Waals surface area contributed by atoms with E-state index in [0.717, 1.165) is 36.1 Å². The minimum atomic E-state index is -0.487. The van der Waals surface area contributed by atoms with Gasteiger partial charge in [-0.1, -0.05) is 17.7 Å². The second kappa shape index (κ2) is 7.16. The molecule has 0 radical (unpaired) electrons. The van der Waals surface area contributed by atoms with Gasteiger partial charge in [0, 0.05) is 18.7 Å². The number of hydrazone groups is 1. The van der Waals surface area contributed by atoms with Crippen molar-refractivity contribution in [2.45, 2.75) is 57.1 Å². The molecule has 0 saturated carbocycles. The summed E-state index contributed by atoms with van der Waals surface area (Å²) in [6, 6.07) is 5.48. The first-order valence-electron chi connectivity index (χ1n) is 9.10. The summed E-state index contributed by atoms with van der Waals surface area (Å²) in [5.74, 6) is 0. The second-order valence-electron chi connectivity index (χ2n) is 7.06. The molecule has 3 aliphatic rings. The molecule has 1 unspecified atom stereocenters. The molecule has 0 amide bonds. The number of aliphatic hydroxyl groups is 1. The van der Waals surface area contributed by atoms with Gasteiger partial charge in [-0.25, -0.2) is 0 Å². The van der Waals surface area contributed by atoms with E-state index in [2.05, 4.69) is 6.07 Å². The molecule has 0 aliphatic carbocycles. The van der Waals surface area contributed by atoms with Gasteiger partial charge in [-0.15, -0.1) is 0 Å². The number of halogens is 1. The molecule has 0 aromatic heterocycles. The highest BCUT2D eigenvalue weighted by atomic mass is 35.5. The minimum Gasteiger partial charge on any atom is -0.391 e. The fourth-order valence-electron chi connectivity index (χ4n) is 4.00. The highest BCUT2D eigenvalue weighted by Crippen LogP contribution is 2.35. The van der Waals surface area contributed by atoms with Crippen LogP contribution in [0.5, 0.6) is 0 Å². The summed E-state index contributed by atoms with van der Waals surface area (Å²) in [7, 11) is 0. The summed E-state index contributed by atoms with van der Waals surface area (Å²) >= 11 is 6.36. The third-order valence-corrected chi connectivity index (χ3v) is 5.91. The van der Waals surface area contributed by atoms with Crippen molar-refractivity contribution < 1.29 is 14.6 Å². The number of benzene rings is 1. The number of fused-ring (bicyclic) bond motifs is 1. The van der Waals surface area contributed by atoms with Crippen molar-refractivity contribution in [2.24, 2.45) is 5.10 Å². The molecule has 4 rings (SSSR count). The van der Waals surface area contributed by atoms with Crippen LogP contribution in [0.4, 0.5) is 0 Å². The van der Waals surface area contributed by atoms with Gasteiger partial charge in [-0.2, -0.15) is 10.4 Å².